The maximum Gasteiger partial charge on any atom is 0.323 e. The molecule has 0 aromatic heterocycles. The summed E-state index contributed by atoms with van der Waals surface area (Å²) in [6, 6.07) is 18.6. The Morgan fingerprint density at radius 1 is 1.02 bits per heavy atom. The van der Waals surface area contributed by atoms with E-state index in [4.69, 9.17) is 21.0 Å². The third-order valence-corrected chi connectivity index (χ3v) is 9.01. The Morgan fingerprint density at radius 3 is 2.26 bits per heavy atom. The van der Waals surface area contributed by atoms with Crippen LogP contribution in [0.1, 0.15) is 31.7 Å². The number of nitrogens with two attached hydrogens (primary N) is 1. The molecule has 0 unspecified atom stereocenters. The van der Waals surface area contributed by atoms with Crippen molar-refractivity contribution in [3.8, 4) is 0 Å². The number of aliphatic carboxylic acids is 2. The highest BCUT2D eigenvalue weighted by Crippen LogP contribution is 2.21. The molecule has 1 heterocycles. The van der Waals surface area contributed by atoms with Crippen molar-refractivity contribution in [1.82, 2.24) is 19.4 Å². The Kier molecular flexibility index (Phi) is 12.8. The third-order valence-electron chi connectivity index (χ3n) is 7.54. The number of benzene rings is 3. The molecule has 6 N–H and O–H groups in total. The average Bonchev–Trinajstić information content (AvgIpc) is 3.03. The number of likely N-dealkylation sites (tertiary alicyclic amines) is 1. The van der Waals surface area contributed by atoms with Crippen LogP contribution in [-0.2, 0) is 35.7 Å². The number of carboxylic acids is 2. The van der Waals surface area contributed by atoms with Gasteiger partial charge in [-0.05, 0) is 41.3 Å². The average molecular weight is 669 g/mol. The van der Waals surface area contributed by atoms with Gasteiger partial charge >= 0.3 is 5.97 Å². The normalized spacial score (nSPS) is 15.1. The molecule has 14 nitrogen and oxygen atoms in total. The molecule has 0 radical (unpaired) electrons. The van der Waals surface area contributed by atoms with E-state index in [1.807, 2.05) is 12.1 Å². The van der Waals surface area contributed by atoms with Crippen LogP contribution < -0.4 is 10.5 Å². The summed E-state index contributed by atoms with van der Waals surface area (Å²) in [6.45, 7) is 1.21. The summed E-state index contributed by atoms with van der Waals surface area (Å²) in [5.74, 6) is -3.57. The zero-order valence-electron chi connectivity index (χ0n) is 26.2. The molecule has 3 aromatic carbocycles. The predicted octanol–water partition coefficient (Wildman–Crippen LogP) is 1.90. The second kappa shape index (κ2) is 16.5. The second-order valence-electron chi connectivity index (χ2n) is 11.1. The molecule has 0 aliphatic carbocycles. The number of piperidine rings is 1. The molecule has 2 atom stereocenters. The van der Waals surface area contributed by atoms with Gasteiger partial charge in [0.25, 0.3) is 5.97 Å². The van der Waals surface area contributed by atoms with Crippen molar-refractivity contribution in [2.24, 2.45) is 5.73 Å². The monoisotopic (exact) mass is 668 g/mol. The van der Waals surface area contributed by atoms with Crippen LogP contribution in [0, 0.1) is 5.41 Å². The van der Waals surface area contributed by atoms with Gasteiger partial charge in [-0.15, -0.1) is 0 Å². The number of carbonyl (C=O) groups excluding carboxylic acids is 2. The first kappa shape index (κ1) is 36.4. The van der Waals surface area contributed by atoms with Gasteiger partial charge in [0.15, 0.2) is 5.96 Å². The minimum atomic E-state index is -4.32. The van der Waals surface area contributed by atoms with E-state index in [2.05, 4.69) is 4.72 Å². The SMILES string of the molecule is CC(=O)O.CN(C(=O)C[C@H](NS(=O)(=O)c1ccc2ccccc2c1)C(=O)N(CC(=O)O)Cc1ccccc1)[C@H]1CCCN(C(=N)N)C1. The number of rotatable bonds is 11. The Labute approximate surface area is 273 Å². The van der Waals surface area contributed by atoms with Crippen LogP contribution in [0.4, 0.5) is 0 Å². The largest absolute Gasteiger partial charge is 0.481 e. The van der Waals surface area contributed by atoms with E-state index in [1.54, 1.807) is 60.5 Å². The lowest BCUT2D eigenvalue weighted by atomic mass is 10.0. The van der Waals surface area contributed by atoms with Gasteiger partial charge < -0.3 is 30.6 Å². The van der Waals surface area contributed by atoms with E-state index in [1.165, 1.54) is 17.0 Å². The number of carbonyl (C=O) groups is 4. The number of fused-ring (bicyclic) bond motifs is 1. The predicted molar refractivity (Wildman–Crippen MR) is 175 cm³/mol. The summed E-state index contributed by atoms with van der Waals surface area (Å²) in [5, 5.41) is 26.2. The van der Waals surface area contributed by atoms with Gasteiger partial charge in [-0.25, -0.2) is 8.42 Å². The van der Waals surface area contributed by atoms with Gasteiger partial charge in [-0.3, -0.25) is 24.6 Å². The fourth-order valence-corrected chi connectivity index (χ4v) is 6.40. The van der Waals surface area contributed by atoms with Crippen molar-refractivity contribution in [3.63, 3.8) is 0 Å². The summed E-state index contributed by atoms with van der Waals surface area (Å²) < 4.78 is 29.6. The Bertz CT molecular complexity index is 1700. The molecule has 1 aliphatic heterocycles. The van der Waals surface area contributed by atoms with E-state index in [0.29, 0.717) is 36.9 Å². The first-order valence-electron chi connectivity index (χ1n) is 14.8. The summed E-state index contributed by atoms with van der Waals surface area (Å²) in [5.41, 5.74) is 6.29. The van der Waals surface area contributed by atoms with Gasteiger partial charge in [-0.1, -0.05) is 60.7 Å². The number of carboxylic acid groups (broad SMARTS) is 2. The maximum absolute atomic E-state index is 13.9. The lowest BCUT2D eigenvalue weighted by Crippen LogP contribution is -2.54. The molecule has 2 amide bonds. The minimum Gasteiger partial charge on any atom is -0.481 e. The molecule has 47 heavy (non-hydrogen) atoms. The van der Waals surface area contributed by atoms with E-state index in [-0.39, 0.29) is 23.4 Å². The minimum absolute atomic E-state index is 0.0953. The number of nitrogens with one attached hydrogen (secondary N) is 2. The molecule has 4 rings (SSSR count). The lowest BCUT2D eigenvalue weighted by molar-refractivity contribution is -0.146. The number of hydrogen-bond donors (Lipinski definition) is 5. The van der Waals surface area contributed by atoms with Crippen LogP contribution in [0.5, 0.6) is 0 Å². The van der Waals surface area contributed by atoms with Crippen molar-refractivity contribution < 1.29 is 37.8 Å². The number of hydrogen-bond acceptors (Lipinski definition) is 7. The van der Waals surface area contributed by atoms with E-state index < -0.39 is 52.8 Å². The van der Waals surface area contributed by atoms with Crippen molar-refractivity contribution in [1.29, 1.82) is 5.41 Å². The molecule has 1 aliphatic rings. The number of amides is 2. The fraction of sp³-hybridized carbons (Fsp3) is 0.344. The number of likely N-dealkylation sites (N-methyl/N-ethyl adjacent to an activating group) is 1. The Balaban J connectivity index is 0.00000142. The van der Waals surface area contributed by atoms with Gasteiger partial charge in [0.1, 0.15) is 12.6 Å². The van der Waals surface area contributed by atoms with Crippen LogP contribution >= 0.6 is 0 Å². The molecule has 252 valence electrons. The fourth-order valence-electron chi connectivity index (χ4n) is 5.18. The molecule has 3 aromatic rings. The highest BCUT2D eigenvalue weighted by Gasteiger charge is 2.35. The van der Waals surface area contributed by atoms with Crippen molar-refractivity contribution >= 4 is 50.5 Å². The van der Waals surface area contributed by atoms with E-state index in [9.17, 15) is 27.9 Å². The van der Waals surface area contributed by atoms with Crippen LogP contribution in [0.15, 0.2) is 77.7 Å². The van der Waals surface area contributed by atoms with Crippen LogP contribution in [0.2, 0.25) is 0 Å². The Morgan fingerprint density at radius 2 is 1.64 bits per heavy atom. The molecule has 0 saturated carbocycles. The summed E-state index contributed by atoms with van der Waals surface area (Å²) in [7, 11) is -2.75. The van der Waals surface area contributed by atoms with Crippen LogP contribution in [0.25, 0.3) is 10.8 Å². The molecule has 15 heteroatoms. The number of guanidine groups is 1. The molecule has 1 fully saturated rings. The summed E-state index contributed by atoms with van der Waals surface area (Å²) >= 11 is 0. The zero-order chi connectivity index (χ0) is 34.7. The van der Waals surface area contributed by atoms with Crippen LogP contribution in [-0.4, -0.2) is 102 Å². The summed E-state index contributed by atoms with van der Waals surface area (Å²) in [4.78, 5) is 52.2. The number of nitrogens with zero attached hydrogens (tertiary/aromatic N) is 3. The standard InChI is InChI=1S/C30H36N6O6S.C2H4O2/c1-34(24-12-7-15-35(19-24)30(31)32)27(37)17-26(29(40)36(20-28(38)39)18-21-8-3-2-4-9-21)33-43(41,42)25-14-13-22-10-5-6-11-23(22)16-25;1-2(3)4/h2-6,8-11,13-14,16,24,26,33H,7,12,15,17-20H2,1H3,(H3,31,32)(H,38,39);1H3,(H,3,4)/t24-,26-;/m0./s1. The van der Waals surface area contributed by atoms with Gasteiger partial charge in [-0.2, -0.15) is 4.72 Å². The first-order valence-corrected chi connectivity index (χ1v) is 16.3. The first-order chi connectivity index (χ1) is 22.2. The van der Waals surface area contributed by atoms with Gasteiger partial charge in [0, 0.05) is 39.6 Å². The van der Waals surface area contributed by atoms with Crippen molar-refractivity contribution in [2.45, 2.75) is 49.7 Å². The second-order valence-corrected chi connectivity index (χ2v) is 12.8. The van der Waals surface area contributed by atoms with Crippen molar-refractivity contribution in [2.75, 3.05) is 26.7 Å². The molecular weight excluding hydrogens is 628 g/mol. The number of sulfonamides is 1. The third kappa shape index (κ3) is 10.8. The highest BCUT2D eigenvalue weighted by atomic mass is 32.2. The zero-order valence-corrected chi connectivity index (χ0v) is 27.0. The molecule has 0 spiro atoms. The van der Waals surface area contributed by atoms with Gasteiger partial charge in [0.05, 0.1) is 11.3 Å². The van der Waals surface area contributed by atoms with Gasteiger partial charge in [0.2, 0.25) is 21.8 Å². The molecular formula is C32H40N6O8S. The maximum atomic E-state index is 13.9. The summed E-state index contributed by atoms with van der Waals surface area (Å²) in [6.07, 6.45) is 0.804. The van der Waals surface area contributed by atoms with E-state index >= 15 is 0 Å². The Hall–Kier alpha value is -5.02. The smallest absolute Gasteiger partial charge is 0.323 e. The topological polar surface area (TPSA) is 214 Å². The van der Waals surface area contributed by atoms with E-state index in [0.717, 1.165) is 17.2 Å². The van der Waals surface area contributed by atoms with Crippen LogP contribution in [0.3, 0.4) is 0 Å². The highest BCUT2D eigenvalue weighted by molar-refractivity contribution is 7.89. The lowest BCUT2D eigenvalue weighted by Gasteiger charge is -2.38. The molecule has 1 saturated heterocycles. The molecule has 0 bridgehead atoms. The quantitative estimate of drug-likeness (QED) is 0.148. The van der Waals surface area contributed by atoms with Crippen molar-refractivity contribution in [3.05, 3.63) is 78.4 Å².